The zero-order chi connectivity index (χ0) is 16.2. The topological polar surface area (TPSA) is 83.6 Å². The van der Waals surface area contributed by atoms with Gasteiger partial charge in [0, 0.05) is 18.2 Å². The van der Waals surface area contributed by atoms with Crippen LogP contribution >= 0.6 is 0 Å². The predicted octanol–water partition coefficient (Wildman–Crippen LogP) is 2.76. The van der Waals surface area contributed by atoms with Crippen LogP contribution in [0, 0.1) is 11.3 Å². The summed E-state index contributed by atoms with van der Waals surface area (Å²) in [5.41, 5.74) is 3.08. The number of benzene rings is 2. The monoisotopic (exact) mass is 303 g/mol. The lowest BCUT2D eigenvalue weighted by molar-refractivity contribution is -0.114. The Morgan fingerprint density at radius 3 is 2.65 bits per heavy atom. The molecule has 0 saturated heterocycles. The summed E-state index contributed by atoms with van der Waals surface area (Å²) >= 11 is 0. The molecule has 2 aromatic carbocycles. The van der Waals surface area contributed by atoms with E-state index in [1.807, 2.05) is 42.5 Å². The number of rotatable bonds is 3. The Labute approximate surface area is 133 Å². The Morgan fingerprint density at radius 1 is 1.17 bits per heavy atom. The molecule has 6 nitrogen and oxygen atoms in total. The zero-order valence-electron chi connectivity index (χ0n) is 12.4. The maximum Gasteiger partial charge on any atom is 0.221 e. The molecule has 0 saturated carbocycles. The van der Waals surface area contributed by atoms with E-state index in [1.54, 1.807) is 16.8 Å². The molecule has 23 heavy (non-hydrogen) atoms. The maximum absolute atomic E-state index is 11.2. The summed E-state index contributed by atoms with van der Waals surface area (Å²) in [5, 5.41) is 20.0. The van der Waals surface area contributed by atoms with Crippen LogP contribution in [-0.2, 0) is 4.79 Å². The molecule has 0 unspecified atom stereocenters. The summed E-state index contributed by atoms with van der Waals surface area (Å²) in [6, 6.07) is 18.8. The number of carbonyl (C=O) groups is 1. The molecule has 1 heterocycles. The van der Waals surface area contributed by atoms with E-state index in [4.69, 9.17) is 0 Å². The summed E-state index contributed by atoms with van der Waals surface area (Å²) in [5.74, 6) is -0.151. The van der Waals surface area contributed by atoms with Gasteiger partial charge in [-0.3, -0.25) is 4.79 Å². The molecule has 0 aliphatic heterocycles. The van der Waals surface area contributed by atoms with Crippen LogP contribution in [0.1, 0.15) is 12.6 Å². The first-order valence-corrected chi connectivity index (χ1v) is 6.98. The van der Waals surface area contributed by atoms with Gasteiger partial charge in [0.2, 0.25) is 5.91 Å². The van der Waals surface area contributed by atoms with Gasteiger partial charge >= 0.3 is 0 Å². The molecule has 0 spiro atoms. The number of nitrogens with zero attached hydrogens (tertiary/aromatic N) is 4. The third-order valence-electron chi connectivity index (χ3n) is 3.23. The van der Waals surface area contributed by atoms with Crippen molar-refractivity contribution in [3.63, 3.8) is 0 Å². The molecule has 1 N–H and O–H groups in total. The molecule has 0 radical (unpaired) electrons. The zero-order valence-corrected chi connectivity index (χ0v) is 12.4. The average Bonchev–Trinajstić information content (AvgIpc) is 2.99. The Hall–Kier alpha value is -3.46. The van der Waals surface area contributed by atoms with Crippen molar-refractivity contribution >= 4 is 11.6 Å². The molecule has 112 valence electrons. The van der Waals surface area contributed by atoms with Crippen LogP contribution < -0.4 is 5.32 Å². The largest absolute Gasteiger partial charge is 0.326 e. The van der Waals surface area contributed by atoms with Gasteiger partial charge in [0.15, 0.2) is 5.69 Å². The summed E-state index contributed by atoms with van der Waals surface area (Å²) in [6.45, 7) is 1.45. The number of amides is 1. The van der Waals surface area contributed by atoms with E-state index < -0.39 is 0 Å². The fourth-order valence-corrected chi connectivity index (χ4v) is 2.31. The smallest absolute Gasteiger partial charge is 0.221 e. The van der Waals surface area contributed by atoms with E-state index in [-0.39, 0.29) is 11.6 Å². The van der Waals surface area contributed by atoms with Gasteiger partial charge in [-0.1, -0.05) is 41.6 Å². The Balaban J connectivity index is 2.13. The van der Waals surface area contributed by atoms with Crippen molar-refractivity contribution in [3.8, 4) is 23.0 Å². The van der Waals surface area contributed by atoms with Crippen LogP contribution in [0.2, 0.25) is 0 Å². The van der Waals surface area contributed by atoms with Crippen LogP contribution in [0.4, 0.5) is 5.69 Å². The molecule has 1 aromatic heterocycles. The van der Waals surface area contributed by atoms with Crippen molar-refractivity contribution in [1.29, 1.82) is 5.26 Å². The van der Waals surface area contributed by atoms with Crippen molar-refractivity contribution in [3.05, 3.63) is 60.3 Å². The predicted molar refractivity (Wildman–Crippen MR) is 85.8 cm³/mol. The highest BCUT2D eigenvalue weighted by molar-refractivity contribution is 5.89. The second-order valence-corrected chi connectivity index (χ2v) is 4.91. The minimum atomic E-state index is -0.151. The van der Waals surface area contributed by atoms with E-state index in [0.717, 1.165) is 5.56 Å². The molecule has 3 aromatic rings. The van der Waals surface area contributed by atoms with Crippen molar-refractivity contribution < 1.29 is 4.79 Å². The quantitative estimate of drug-likeness (QED) is 0.806. The van der Waals surface area contributed by atoms with Crippen LogP contribution in [-0.4, -0.2) is 20.9 Å². The highest BCUT2D eigenvalue weighted by Gasteiger charge is 2.16. The Bertz CT molecular complexity index is 893. The maximum atomic E-state index is 11.2. The van der Waals surface area contributed by atoms with E-state index >= 15 is 0 Å². The third-order valence-corrected chi connectivity index (χ3v) is 3.23. The van der Waals surface area contributed by atoms with Crippen LogP contribution in [0.3, 0.4) is 0 Å². The lowest BCUT2D eigenvalue weighted by Crippen LogP contribution is -2.07. The Morgan fingerprint density at radius 2 is 1.96 bits per heavy atom. The first-order chi connectivity index (χ1) is 11.2. The molecule has 6 heteroatoms. The summed E-state index contributed by atoms with van der Waals surface area (Å²) in [6.07, 6.45) is 0. The molecule has 0 atom stereocenters. The highest BCUT2D eigenvalue weighted by atomic mass is 16.1. The summed E-state index contributed by atoms with van der Waals surface area (Å²) in [7, 11) is 0. The van der Waals surface area contributed by atoms with Crippen LogP contribution in [0.5, 0.6) is 0 Å². The van der Waals surface area contributed by atoms with E-state index in [0.29, 0.717) is 17.1 Å². The second kappa shape index (κ2) is 6.12. The summed E-state index contributed by atoms with van der Waals surface area (Å²) < 4.78 is 1.60. The van der Waals surface area contributed by atoms with Gasteiger partial charge < -0.3 is 5.32 Å². The molecule has 3 rings (SSSR count). The van der Waals surface area contributed by atoms with Crippen LogP contribution in [0.15, 0.2) is 54.6 Å². The van der Waals surface area contributed by atoms with E-state index in [1.165, 1.54) is 6.92 Å². The number of nitriles is 1. The number of nitrogens with one attached hydrogen (secondary N) is 1. The first-order valence-electron chi connectivity index (χ1n) is 6.98. The first kappa shape index (κ1) is 14.5. The van der Waals surface area contributed by atoms with E-state index in [9.17, 15) is 10.1 Å². The van der Waals surface area contributed by atoms with Crippen molar-refractivity contribution in [2.75, 3.05) is 5.32 Å². The molecular formula is C17H13N5O. The van der Waals surface area contributed by atoms with Gasteiger partial charge in [-0.2, -0.15) is 5.26 Å². The van der Waals surface area contributed by atoms with Gasteiger partial charge in [-0.25, -0.2) is 4.68 Å². The minimum Gasteiger partial charge on any atom is -0.326 e. The van der Waals surface area contributed by atoms with Crippen molar-refractivity contribution in [1.82, 2.24) is 15.0 Å². The molecule has 0 bridgehead atoms. The van der Waals surface area contributed by atoms with Crippen molar-refractivity contribution in [2.45, 2.75) is 6.92 Å². The number of anilines is 1. The van der Waals surface area contributed by atoms with Gasteiger partial charge in [0.05, 0.1) is 5.69 Å². The third kappa shape index (κ3) is 2.94. The van der Waals surface area contributed by atoms with E-state index in [2.05, 4.69) is 21.7 Å². The average molecular weight is 303 g/mol. The molecular weight excluding hydrogens is 290 g/mol. The minimum absolute atomic E-state index is 0.151. The lowest BCUT2D eigenvalue weighted by Gasteiger charge is -2.09. The Kier molecular flexibility index (Phi) is 3.85. The second-order valence-electron chi connectivity index (χ2n) is 4.91. The molecule has 0 fully saturated rings. The number of hydrogen-bond acceptors (Lipinski definition) is 4. The lowest BCUT2D eigenvalue weighted by atomic mass is 10.1. The SMILES string of the molecule is CC(=O)Nc1cccc(-n2nnc(C#N)c2-c2ccccc2)c1. The van der Waals surface area contributed by atoms with Gasteiger partial charge in [0.25, 0.3) is 0 Å². The molecule has 0 aliphatic carbocycles. The highest BCUT2D eigenvalue weighted by Crippen LogP contribution is 2.25. The van der Waals surface area contributed by atoms with Crippen LogP contribution in [0.25, 0.3) is 16.9 Å². The van der Waals surface area contributed by atoms with Gasteiger partial charge in [0.1, 0.15) is 11.8 Å². The summed E-state index contributed by atoms with van der Waals surface area (Å²) in [4.78, 5) is 11.2. The fourth-order valence-electron chi connectivity index (χ4n) is 2.31. The number of carbonyl (C=O) groups excluding carboxylic acids is 1. The van der Waals surface area contributed by atoms with Crippen molar-refractivity contribution in [2.24, 2.45) is 0 Å². The molecule has 1 amide bonds. The number of hydrogen-bond donors (Lipinski definition) is 1. The normalized spacial score (nSPS) is 10.1. The standard InChI is InChI=1S/C17H13N5O/c1-12(23)19-14-8-5-9-15(10-14)22-17(16(11-18)20-21-22)13-6-3-2-4-7-13/h2-10H,1H3,(H,19,23). The number of aromatic nitrogens is 3. The molecule has 0 aliphatic rings. The van der Waals surface area contributed by atoms with Gasteiger partial charge in [-0.15, -0.1) is 5.10 Å². The van der Waals surface area contributed by atoms with Gasteiger partial charge in [-0.05, 0) is 18.2 Å². The fraction of sp³-hybridized carbons (Fsp3) is 0.0588.